The largest absolute Gasteiger partial charge is 0.490 e. The van der Waals surface area contributed by atoms with Crippen molar-refractivity contribution in [1.82, 2.24) is 0 Å². The lowest BCUT2D eigenvalue weighted by Crippen LogP contribution is -2.22. The van der Waals surface area contributed by atoms with Crippen molar-refractivity contribution in [3.63, 3.8) is 0 Å². The number of aliphatic carboxylic acids is 1. The molecule has 0 saturated heterocycles. The zero-order chi connectivity index (χ0) is 12.4. The Morgan fingerprint density at radius 1 is 1.59 bits per heavy atom. The zero-order valence-corrected chi connectivity index (χ0v) is 9.23. The molecule has 1 fully saturated rings. The summed E-state index contributed by atoms with van der Waals surface area (Å²) < 4.78 is 18.9. The first-order chi connectivity index (χ1) is 8.09. The Morgan fingerprint density at radius 3 is 2.88 bits per heavy atom. The van der Waals surface area contributed by atoms with Crippen LogP contribution < -0.4 is 10.5 Å². The topological polar surface area (TPSA) is 72.6 Å². The van der Waals surface area contributed by atoms with Crippen molar-refractivity contribution in [2.24, 2.45) is 11.7 Å². The highest BCUT2D eigenvalue weighted by atomic mass is 19.1. The lowest BCUT2D eigenvalue weighted by atomic mass is 10.1. The van der Waals surface area contributed by atoms with E-state index in [1.807, 2.05) is 0 Å². The van der Waals surface area contributed by atoms with E-state index in [2.05, 4.69) is 0 Å². The summed E-state index contributed by atoms with van der Waals surface area (Å²) >= 11 is 0. The predicted octanol–water partition coefficient (Wildman–Crippen LogP) is 1.70. The first-order valence-electron chi connectivity index (χ1n) is 5.49. The van der Waals surface area contributed by atoms with Gasteiger partial charge in [-0.1, -0.05) is 12.1 Å². The van der Waals surface area contributed by atoms with E-state index < -0.39 is 17.8 Å². The minimum Gasteiger partial charge on any atom is -0.490 e. The van der Waals surface area contributed by atoms with Gasteiger partial charge in [0.25, 0.3) is 0 Å². The lowest BCUT2D eigenvalue weighted by Gasteiger charge is -2.14. The van der Waals surface area contributed by atoms with Crippen LogP contribution in [0.4, 0.5) is 4.39 Å². The van der Waals surface area contributed by atoms with Crippen LogP contribution in [0.2, 0.25) is 0 Å². The molecule has 0 bridgehead atoms. The molecule has 92 valence electrons. The minimum atomic E-state index is -1.26. The molecule has 0 amide bonds. The first kappa shape index (κ1) is 11.9. The van der Waals surface area contributed by atoms with Crippen LogP contribution in [0.1, 0.15) is 24.4 Å². The number of carbonyl (C=O) groups is 1. The van der Waals surface area contributed by atoms with Crippen molar-refractivity contribution < 1.29 is 19.0 Å². The average molecular weight is 239 g/mol. The summed E-state index contributed by atoms with van der Waals surface area (Å²) in [5.41, 5.74) is 5.66. The summed E-state index contributed by atoms with van der Waals surface area (Å²) in [5, 5.41) is 8.84. The van der Waals surface area contributed by atoms with Gasteiger partial charge in [-0.15, -0.1) is 0 Å². The molecule has 1 atom stereocenters. The van der Waals surface area contributed by atoms with Crippen LogP contribution in [-0.4, -0.2) is 17.7 Å². The van der Waals surface area contributed by atoms with Crippen molar-refractivity contribution in [3.05, 3.63) is 29.6 Å². The fourth-order valence-electron chi connectivity index (χ4n) is 1.54. The summed E-state index contributed by atoms with van der Waals surface area (Å²) in [6, 6.07) is 2.88. The molecule has 0 aromatic heterocycles. The molecular formula is C12H14FNO3. The van der Waals surface area contributed by atoms with E-state index in [9.17, 15) is 9.18 Å². The maximum absolute atomic E-state index is 13.6. The molecule has 3 N–H and O–H groups in total. The number of ether oxygens (including phenoxy) is 1. The third-order valence-corrected chi connectivity index (χ3v) is 2.76. The second kappa shape index (κ2) is 4.71. The van der Waals surface area contributed by atoms with Crippen molar-refractivity contribution in [2.45, 2.75) is 18.9 Å². The molecule has 1 aliphatic rings. The molecule has 0 aliphatic heterocycles. The number of carboxylic acid groups (broad SMARTS) is 1. The van der Waals surface area contributed by atoms with Crippen LogP contribution >= 0.6 is 0 Å². The number of para-hydroxylation sites is 1. The number of carboxylic acids is 1. The molecule has 17 heavy (non-hydrogen) atoms. The van der Waals surface area contributed by atoms with E-state index in [1.54, 1.807) is 0 Å². The van der Waals surface area contributed by atoms with Gasteiger partial charge >= 0.3 is 5.97 Å². The quantitative estimate of drug-likeness (QED) is 0.820. The molecular weight excluding hydrogens is 225 g/mol. The zero-order valence-electron chi connectivity index (χ0n) is 9.23. The second-order valence-corrected chi connectivity index (χ2v) is 4.23. The third-order valence-electron chi connectivity index (χ3n) is 2.76. The van der Waals surface area contributed by atoms with E-state index in [0.29, 0.717) is 12.5 Å². The van der Waals surface area contributed by atoms with Crippen molar-refractivity contribution in [3.8, 4) is 5.75 Å². The highest BCUT2D eigenvalue weighted by Gasteiger charge is 2.25. The Kier molecular flexibility index (Phi) is 3.28. The van der Waals surface area contributed by atoms with Gasteiger partial charge in [0.1, 0.15) is 6.04 Å². The van der Waals surface area contributed by atoms with Crippen LogP contribution in [0.15, 0.2) is 18.2 Å². The fraction of sp³-hybridized carbons (Fsp3) is 0.417. The Morgan fingerprint density at radius 2 is 2.29 bits per heavy atom. The molecule has 1 aromatic carbocycles. The molecule has 2 rings (SSSR count). The van der Waals surface area contributed by atoms with Gasteiger partial charge in [0.15, 0.2) is 11.6 Å². The van der Waals surface area contributed by atoms with Crippen molar-refractivity contribution in [1.29, 1.82) is 0 Å². The second-order valence-electron chi connectivity index (χ2n) is 4.23. The smallest absolute Gasteiger partial charge is 0.325 e. The first-order valence-corrected chi connectivity index (χ1v) is 5.49. The number of rotatable bonds is 5. The monoisotopic (exact) mass is 239 g/mol. The molecule has 1 aromatic rings. The maximum atomic E-state index is 13.6. The summed E-state index contributed by atoms with van der Waals surface area (Å²) in [6.07, 6.45) is 2.16. The SMILES string of the molecule is NC(C(=O)O)c1cccc(F)c1OCC1CC1. The summed E-state index contributed by atoms with van der Waals surface area (Å²) in [7, 11) is 0. The fourth-order valence-corrected chi connectivity index (χ4v) is 1.54. The maximum Gasteiger partial charge on any atom is 0.325 e. The van der Waals surface area contributed by atoms with Gasteiger partial charge in [0.2, 0.25) is 0 Å². The van der Waals surface area contributed by atoms with Gasteiger partial charge < -0.3 is 15.6 Å². The van der Waals surface area contributed by atoms with Gasteiger partial charge in [-0.2, -0.15) is 0 Å². The minimum absolute atomic E-state index is 0.0331. The van der Waals surface area contributed by atoms with Crippen LogP contribution in [-0.2, 0) is 4.79 Å². The molecule has 0 spiro atoms. The molecule has 5 heteroatoms. The predicted molar refractivity (Wildman–Crippen MR) is 59.2 cm³/mol. The van der Waals surface area contributed by atoms with Crippen LogP contribution in [0.3, 0.4) is 0 Å². The Labute approximate surface area is 98.2 Å². The van der Waals surface area contributed by atoms with E-state index in [0.717, 1.165) is 12.8 Å². The molecule has 1 saturated carbocycles. The van der Waals surface area contributed by atoms with E-state index >= 15 is 0 Å². The van der Waals surface area contributed by atoms with Crippen molar-refractivity contribution in [2.75, 3.05) is 6.61 Å². The average Bonchev–Trinajstić information content (AvgIpc) is 3.10. The molecule has 1 unspecified atom stereocenters. The standard InChI is InChI=1S/C12H14FNO3/c13-9-3-1-2-8(10(14)12(15)16)11(9)17-6-7-4-5-7/h1-3,7,10H,4-6,14H2,(H,15,16). The summed E-state index contributed by atoms with van der Waals surface area (Å²) in [5.74, 6) is -1.34. The summed E-state index contributed by atoms with van der Waals surface area (Å²) in [6.45, 7) is 0.417. The molecule has 0 heterocycles. The third kappa shape index (κ3) is 2.74. The van der Waals surface area contributed by atoms with E-state index in [-0.39, 0.29) is 11.3 Å². The van der Waals surface area contributed by atoms with Crippen LogP contribution in [0.25, 0.3) is 0 Å². The number of halogens is 1. The number of benzene rings is 1. The molecule has 0 radical (unpaired) electrons. The van der Waals surface area contributed by atoms with Gasteiger partial charge in [-0.05, 0) is 24.8 Å². The highest BCUT2D eigenvalue weighted by Crippen LogP contribution is 2.32. The van der Waals surface area contributed by atoms with E-state index in [1.165, 1.54) is 18.2 Å². The number of nitrogens with two attached hydrogens (primary N) is 1. The Balaban J connectivity index is 2.22. The van der Waals surface area contributed by atoms with Gasteiger partial charge in [0, 0.05) is 5.56 Å². The Bertz CT molecular complexity index is 432. The van der Waals surface area contributed by atoms with Crippen molar-refractivity contribution >= 4 is 5.97 Å². The van der Waals surface area contributed by atoms with Crippen LogP contribution in [0, 0.1) is 11.7 Å². The van der Waals surface area contributed by atoms with E-state index in [4.69, 9.17) is 15.6 Å². The lowest BCUT2D eigenvalue weighted by molar-refractivity contribution is -0.138. The Hall–Kier alpha value is -1.62. The number of hydrogen-bond donors (Lipinski definition) is 2. The van der Waals surface area contributed by atoms with Crippen LogP contribution in [0.5, 0.6) is 5.75 Å². The number of hydrogen-bond acceptors (Lipinski definition) is 3. The summed E-state index contributed by atoms with van der Waals surface area (Å²) in [4.78, 5) is 10.8. The van der Waals surface area contributed by atoms with Gasteiger partial charge in [-0.3, -0.25) is 4.79 Å². The molecule has 1 aliphatic carbocycles. The normalized spacial score (nSPS) is 16.6. The van der Waals surface area contributed by atoms with Gasteiger partial charge in [0.05, 0.1) is 6.61 Å². The molecule has 4 nitrogen and oxygen atoms in total. The van der Waals surface area contributed by atoms with Gasteiger partial charge in [-0.25, -0.2) is 4.39 Å². The highest BCUT2D eigenvalue weighted by molar-refractivity contribution is 5.76.